The number of carbonyl (C=O) groups is 1. The number of nitrogens with two attached hydrogens (primary N) is 1. The molecular weight excluding hydrogens is 342 g/mol. The van der Waals surface area contributed by atoms with Crippen molar-refractivity contribution in [3.8, 4) is 0 Å². The molecule has 8 unspecified atom stereocenters. The van der Waals surface area contributed by atoms with Gasteiger partial charge in [0, 0.05) is 16.9 Å². The lowest BCUT2D eigenvalue weighted by atomic mass is 9.43. The van der Waals surface area contributed by atoms with E-state index < -0.39 is 23.2 Å². The highest BCUT2D eigenvalue weighted by molar-refractivity contribution is 6.01. The standard InChI is InChI=1S/C22H33NO4/c1-12-8-17-21(3,18(12)16(27)11-24)10-15(26)19-20(2)6-5-14(25)9-13(20)4-7-22(17,19)23/h5-6,9,12,15-19,24,26-27H,4,7-8,10-11,23H2,1-3H3/t12-,15?,16?,17?,18?,19?,20?,21?,22?/m1/s1. The normalized spacial score (nSPS) is 52.6. The van der Waals surface area contributed by atoms with Crippen LogP contribution in [0.1, 0.15) is 46.5 Å². The van der Waals surface area contributed by atoms with Crippen LogP contribution in [-0.4, -0.2) is 45.5 Å². The number of aliphatic hydroxyl groups excluding tert-OH is 3. The van der Waals surface area contributed by atoms with E-state index >= 15 is 0 Å². The van der Waals surface area contributed by atoms with Crippen LogP contribution in [-0.2, 0) is 4.79 Å². The van der Waals surface area contributed by atoms with E-state index in [2.05, 4.69) is 20.8 Å². The Bertz CT molecular complexity index is 717. The minimum absolute atomic E-state index is 0.0164. The maximum Gasteiger partial charge on any atom is 0.178 e. The first kappa shape index (κ1) is 19.3. The van der Waals surface area contributed by atoms with Crippen LogP contribution in [0.5, 0.6) is 0 Å². The molecule has 0 bridgehead atoms. The highest BCUT2D eigenvalue weighted by atomic mass is 16.3. The van der Waals surface area contributed by atoms with Crippen LogP contribution < -0.4 is 5.73 Å². The van der Waals surface area contributed by atoms with E-state index in [9.17, 15) is 20.1 Å². The first-order valence-corrected chi connectivity index (χ1v) is 10.3. The molecule has 4 aliphatic rings. The molecule has 0 aromatic heterocycles. The van der Waals surface area contributed by atoms with Crippen molar-refractivity contribution >= 4 is 5.78 Å². The van der Waals surface area contributed by atoms with Crippen LogP contribution >= 0.6 is 0 Å². The summed E-state index contributed by atoms with van der Waals surface area (Å²) >= 11 is 0. The van der Waals surface area contributed by atoms with Crippen molar-refractivity contribution in [1.82, 2.24) is 0 Å². The molecule has 0 aliphatic heterocycles. The molecule has 5 nitrogen and oxygen atoms in total. The number of hydrogen-bond donors (Lipinski definition) is 4. The molecule has 5 heteroatoms. The van der Waals surface area contributed by atoms with Crippen molar-refractivity contribution in [3.63, 3.8) is 0 Å². The van der Waals surface area contributed by atoms with Gasteiger partial charge < -0.3 is 21.1 Å². The van der Waals surface area contributed by atoms with Gasteiger partial charge in [-0.2, -0.15) is 0 Å². The molecule has 0 spiro atoms. The van der Waals surface area contributed by atoms with E-state index in [0.717, 1.165) is 24.8 Å². The predicted molar refractivity (Wildman–Crippen MR) is 103 cm³/mol. The molecule has 0 radical (unpaired) electrons. The van der Waals surface area contributed by atoms with Gasteiger partial charge in [0.25, 0.3) is 0 Å². The van der Waals surface area contributed by atoms with Crippen molar-refractivity contribution in [3.05, 3.63) is 23.8 Å². The zero-order chi connectivity index (χ0) is 19.8. The number of aliphatic hydroxyl groups is 3. The minimum Gasteiger partial charge on any atom is -0.394 e. The third kappa shape index (κ3) is 2.41. The van der Waals surface area contributed by atoms with E-state index in [1.54, 1.807) is 12.2 Å². The van der Waals surface area contributed by atoms with Crippen LogP contribution in [0.15, 0.2) is 23.8 Å². The minimum atomic E-state index is -0.788. The highest BCUT2D eigenvalue weighted by Crippen LogP contribution is 2.68. The number of carbonyl (C=O) groups excluding carboxylic acids is 1. The second-order valence-electron chi connectivity index (χ2n) is 10.1. The summed E-state index contributed by atoms with van der Waals surface area (Å²) in [5.74, 6) is 0.204. The number of hydrogen-bond acceptors (Lipinski definition) is 5. The van der Waals surface area contributed by atoms with E-state index in [0.29, 0.717) is 6.42 Å². The quantitative estimate of drug-likeness (QED) is 0.586. The first-order valence-electron chi connectivity index (χ1n) is 10.3. The van der Waals surface area contributed by atoms with Gasteiger partial charge in [0.2, 0.25) is 0 Å². The second kappa shape index (κ2) is 5.99. The topological polar surface area (TPSA) is 104 Å². The Balaban J connectivity index is 1.79. The molecule has 4 aliphatic carbocycles. The second-order valence-corrected chi connectivity index (χ2v) is 10.1. The summed E-state index contributed by atoms with van der Waals surface area (Å²) < 4.78 is 0. The first-order chi connectivity index (χ1) is 12.6. The van der Waals surface area contributed by atoms with Gasteiger partial charge in [0.05, 0.1) is 18.8 Å². The maximum absolute atomic E-state index is 11.9. The van der Waals surface area contributed by atoms with Gasteiger partial charge in [-0.3, -0.25) is 4.79 Å². The fourth-order valence-corrected chi connectivity index (χ4v) is 7.88. The largest absolute Gasteiger partial charge is 0.394 e. The number of fused-ring (bicyclic) bond motifs is 5. The van der Waals surface area contributed by atoms with Crippen LogP contribution in [0.2, 0.25) is 0 Å². The molecule has 0 saturated heterocycles. The monoisotopic (exact) mass is 375 g/mol. The van der Waals surface area contributed by atoms with Gasteiger partial charge in [0.1, 0.15) is 0 Å². The van der Waals surface area contributed by atoms with Gasteiger partial charge >= 0.3 is 0 Å². The van der Waals surface area contributed by atoms with Crippen molar-refractivity contribution in [1.29, 1.82) is 0 Å². The summed E-state index contributed by atoms with van der Waals surface area (Å²) in [6.45, 7) is 6.13. The lowest BCUT2D eigenvalue weighted by Gasteiger charge is -2.64. The molecule has 0 aromatic carbocycles. The zero-order valence-corrected chi connectivity index (χ0v) is 16.6. The van der Waals surface area contributed by atoms with E-state index in [-0.39, 0.29) is 41.5 Å². The average Bonchev–Trinajstić information content (AvgIpc) is 2.86. The Labute approximate surface area is 161 Å². The molecule has 3 saturated carbocycles. The van der Waals surface area contributed by atoms with Gasteiger partial charge in [-0.1, -0.05) is 32.4 Å². The number of allylic oxidation sites excluding steroid dienone is 4. The predicted octanol–water partition coefficient (Wildman–Crippen LogP) is 1.56. The lowest BCUT2D eigenvalue weighted by molar-refractivity contribution is -0.143. The van der Waals surface area contributed by atoms with E-state index in [1.807, 2.05) is 6.08 Å². The van der Waals surface area contributed by atoms with E-state index in [4.69, 9.17) is 5.73 Å². The molecule has 3 fully saturated rings. The summed E-state index contributed by atoms with van der Waals surface area (Å²) in [4.78, 5) is 11.9. The molecule has 4 rings (SSSR count). The Morgan fingerprint density at radius 1 is 1.37 bits per heavy atom. The molecule has 0 amide bonds. The van der Waals surface area contributed by atoms with Crippen molar-refractivity contribution in [2.24, 2.45) is 40.2 Å². The van der Waals surface area contributed by atoms with Crippen molar-refractivity contribution in [2.75, 3.05) is 6.61 Å². The number of ketones is 1. The summed E-state index contributed by atoms with van der Waals surface area (Å²) in [5.41, 5.74) is 6.99. The lowest BCUT2D eigenvalue weighted by Crippen LogP contribution is -2.70. The van der Waals surface area contributed by atoms with Crippen molar-refractivity contribution < 1.29 is 20.1 Å². The average molecular weight is 376 g/mol. The summed E-state index contributed by atoms with van der Waals surface area (Å²) in [6, 6.07) is 0. The molecule has 5 N–H and O–H groups in total. The molecule has 0 heterocycles. The SMILES string of the molecule is C[C@@H]1CC2C(C)(CC(O)C3C4(C)C=CC(=O)C=C4CCC32N)C1C(O)CO. The van der Waals surface area contributed by atoms with Crippen LogP contribution in [0.25, 0.3) is 0 Å². The fraction of sp³-hybridized carbons (Fsp3) is 0.773. The van der Waals surface area contributed by atoms with Crippen LogP contribution in [0.3, 0.4) is 0 Å². The third-order valence-corrected chi connectivity index (χ3v) is 8.72. The van der Waals surface area contributed by atoms with E-state index in [1.165, 1.54) is 0 Å². The maximum atomic E-state index is 11.9. The summed E-state index contributed by atoms with van der Waals surface area (Å²) in [5, 5.41) is 31.5. The van der Waals surface area contributed by atoms with Crippen LogP contribution in [0, 0.1) is 34.5 Å². The van der Waals surface area contributed by atoms with Crippen molar-refractivity contribution in [2.45, 2.75) is 64.2 Å². The summed E-state index contributed by atoms with van der Waals surface area (Å²) in [6.07, 6.45) is 6.88. The molecule has 9 atom stereocenters. The third-order valence-electron chi connectivity index (χ3n) is 8.72. The molecule has 0 aromatic rings. The molecular formula is C22H33NO4. The van der Waals surface area contributed by atoms with Gasteiger partial charge in [0.15, 0.2) is 5.78 Å². The Morgan fingerprint density at radius 3 is 2.74 bits per heavy atom. The Kier molecular flexibility index (Phi) is 4.29. The smallest absolute Gasteiger partial charge is 0.178 e. The zero-order valence-electron chi connectivity index (χ0n) is 16.6. The Hall–Kier alpha value is -1.01. The summed E-state index contributed by atoms with van der Waals surface area (Å²) in [7, 11) is 0. The highest BCUT2D eigenvalue weighted by Gasteiger charge is 2.68. The Morgan fingerprint density at radius 2 is 2.07 bits per heavy atom. The van der Waals surface area contributed by atoms with Gasteiger partial charge in [-0.05, 0) is 61.0 Å². The van der Waals surface area contributed by atoms with Gasteiger partial charge in [-0.25, -0.2) is 0 Å². The molecule has 150 valence electrons. The molecule has 27 heavy (non-hydrogen) atoms. The van der Waals surface area contributed by atoms with Crippen LogP contribution in [0.4, 0.5) is 0 Å². The fourth-order valence-electron chi connectivity index (χ4n) is 7.88. The van der Waals surface area contributed by atoms with Gasteiger partial charge in [-0.15, -0.1) is 0 Å². The number of rotatable bonds is 2.